The highest BCUT2D eigenvalue weighted by atomic mass is 16.6. The second-order valence-electron chi connectivity index (χ2n) is 11.4. The first-order valence-corrected chi connectivity index (χ1v) is 12.4. The van der Waals surface area contributed by atoms with E-state index in [0.717, 1.165) is 19.5 Å². The number of ether oxygens (including phenoxy) is 2. The van der Waals surface area contributed by atoms with E-state index in [1.165, 1.54) is 12.1 Å². The summed E-state index contributed by atoms with van der Waals surface area (Å²) in [7, 11) is 0. The fourth-order valence-corrected chi connectivity index (χ4v) is 6.15. The minimum absolute atomic E-state index is 0.0185. The minimum Gasteiger partial charge on any atom is -0.508 e. The van der Waals surface area contributed by atoms with Gasteiger partial charge in [0.2, 0.25) is 5.78 Å². The molecule has 2 aromatic carbocycles. The van der Waals surface area contributed by atoms with Crippen LogP contribution in [0.1, 0.15) is 49.2 Å². The summed E-state index contributed by atoms with van der Waals surface area (Å²) in [6.45, 7) is 7.92. The molecule has 6 rings (SSSR count). The van der Waals surface area contributed by atoms with Gasteiger partial charge in [-0.1, -0.05) is 30.3 Å². The highest BCUT2D eigenvalue weighted by Gasteiger charge is 2.81. The second-order valence-corrected chi connectivity index (χ2v) is 11.4. The zero-order valence-corrected chi connectivity index (χ0v) is 20.9. The van der Waals surface area contributed by atoms with Gasteiger partial charge in [0.15, 0.2) is 11.6 Å². The number of hydrogen-bond acceptors (Lipinski definition) is 6. The molecule has 1 aliphatic carbocycles. The molecule has 0 aromatic heterocycles. The fraction of sp³-hybridized carbons (Fsp3) is 0.464. The number of carbonyl (C=O) groups excluding carboxylic acids is 3. The van der Waals surface area contributed by atoms with E-state index in [2.05, 4.69) is 5.32 Å². The number of carbonyl (C=O) groups is 3. The first-order chi connectivity index (χ1) is 17.0. The van der Waals surface area contributed by atoms with E-state index in [9.17, 15) is 19.5 Å². The van der Waals surface area contributed by atoms with Crippen LogP contribution in [0.4, 0.5) is 4.79 Å². The van der Waals surface area contributed by atoms with E-state index < -0.39 is 29.3 Å². The summed E-state index contributed by atoms with van der Waals surface area (Å²) in [4.78, 5) is 39.0. The van der Waals surface area contributed by atoms with Crippen molar-refractivity contribution >= 4 is 17.8 Å². The number of nitrogens with one attached hydrogen (secondary N) is 1. The molecule has 0 radical (unpaired) electrons. The quantitative estimate of drug-likeness (QED) is 0.347. The number of amides is 1. The van der Waals surface area contributed by atoms with Gasteiger partial charge in [0.25, 0.3) is 0 Å². The van der Waals surface area contributed by atoms with Gasteiger partial charge >= 0.3 is 12.1 Å². The molecule has 2 N–H and O–H groups in total. The smallest absolute Gasteiger partial charge is 0.408 e. The minimum atomic E-state index is -0.988. The fourth-order valence-electron chi connectivity index (χ4n) is 6.15. The molecular weight excluding hydrogens is 460 g/mol. The summed E-state index contributed by atoms with van der Waals surface area (Å²) in [5.41, 5.74) is -0.0992. The lowest BCUT2D eigenvalue weighted by Crippen LogP contribution is -2.57. The van der Waals surface area contributed by atoms with Crippen LogP contribution in [0.15, 0.2) is 54.6 Å². The van der Waals surface area contributed by atoms with Crippen LogP contribution in [-0.2, 0) is 14.3 Å². The zero-order valence-electron chi connectivity index (χ0n) is 20.9. The van der Waals surface area contributed by atoms with Crippen molar-refractivity contribution in [3.05, 3.63) is 65.7 Å². The van der Waals surface area contributed by atoms with E-state index in [1.807, 2.05) is 18.2 Å². The van der Waals surface area contributed by atoms with Crippen LogP contribution in [0, 0.1) is 11.8 Å². The average molecular weight is 494 g/mol. The van der Waals surface area contributed by atoms with Crippen LogP contribution in [0.3, 0.4) is 0 Å². The van der Waals surface area contributed by atoms with Gasteiger partial charge in [0.05, 0.1) is 19.0 Å². The maximum atomic E-state index is 13.5. The number of esters is 1. The lowest BCUT2D eigenvalue weighted by Gasteiger charge is -2.41. The summed E-state index contributed by atoms with van der Waals surface area (Å²) >= 11 is 0. The van der Waals surface area contributed by atoms with Crippen molar-refractivity contribution in [1.29, 1.82) is 0 Å². The Bertz CT molecular complexity index is 1170. The number of nitrogens with zero attached hydrogens (tertiary/aromatic N) is 1. The number of aromatic hydroxyl groups is 1. The molecule has 4 bridgehead atoms. The van der Waals surface area contributed by atoms with Gasteiger partial charge in [-0.3, -0.25) is 4.79 Å². The van der Waals surface area contributed by atoms with Crippen molar-refractivity contribution in [2.45, 2.75) is 44.4 Å². The van der Waals surface area contributed by atoms with Crippen molar-refractivity contribution in [2.24, 2.45) is 11.8 Å². The monoisotopic (exact) mass is 493 g/mol. The van der Waals surface area contributed by atoms with E-state index in [1.54, 1.807) is 45.0 Å². The third-order valence-electron chi connectivity index (χ3n) is 7.70. The molecule has 3 saturated heterocycles. The first-order valence-electron chi connectivity index (χ1n) is 12.4. The molecule has 36 heavy (non-hydrogen) atoms. The predicted octanol–water partition coefficient (Wildman–Crippen LogP) is 3.60. The number of piperidine rings is 3. The Labute approximate surface area is 210 Å². The third-order valence-corrected chi connectivity index (χ3v) is 7.70. The summed E-state index contributed by atoms with van der Waals surface area (Å²) in [5.74, 6) is 0.154. The number of fused-ring (bicyclic) bond motifs is 1. The van der Waals surface area contributed by atoms with E-state index in [-0.39, 0.29) is 17.5 Å². The molecule has 1 saturated carbocycles. The highest BCUT2D eigenvalue weighted by molar-refractivity contribution is 5.97. The van der Waals surface area contributed by atoms with Crippen LogP contribution in [-0.4, -0.2) is 64.8 Å². The Kier molecular flexibility index (Phi) is 5.82. The topological polar surface area (TPSA) is 102 Å². The number of Topliss-reactive ketones (excluding diaryl/α,β-unsaturated/α-hetero) is 1. The van der Waals surface area contributed by atoms with E-state index in [0.29, 0.717) is 34.6 Å². The van der Waals surface area contributed by atoms with Crippen molar-refractivity contribution in [2.75, 3.05) is 26.2 Å². The van der Waals surface area contributed by atoms with Crippen molar-refractivity contribution in [1.82, 2.24) is 5.32 Å². The van der Waals surface area contributed by atoms with Crippen LogP contribution in [0.2, 0.25) is 0 Å². The standard InChI is InChI=1S/C28H32N2O6/c1-27(2,3)36-26(34)29-24(19-7-5-4-6-8-19)25(33)35-28-17-30(14-13-21(28)22(28)15-30)16-23(32)18-9-11-20(31)12-10-18/h4-12,21-22,24H,13-17H2,1-3H3,(H-,29,31,32,34)/p+1/t21?,22?,24?,28-,30?/m1/s1. The Morgan fingerprint density at radius 3 is 2.44 bits per heavy atom. The molecule has 3 aliphatic heterocycles. The summed E-state index contributed by atoms with van der Waals surface area (Å²) in [6, 6.07) is 14.3. The van der Waals surface area contributed by atoms with Gasteiger partial charge < -0.3 is 24.4 Å². The van der Waals surface area contributed by atoms with Gasteiger partial charge in [-0.05, 0) is 50.6 Å². The largest absolute Gasteiger partial charge is 0.508 e. The van der Waals surface area contributed by atoms with Gasteiger partial charge in [-0.15, -0.1) is 0 Å². The van der Waals surface area contributed by atoms with E-state index >= 15 is 0 Å². The van der Waals surface area contributed by atoms with Gasteiger partial charge in [0.1, 0.15) is 24.4 Å². The first kappa shape index (κ1) is 24.3. The number of phenolic OH excluding ortho intramolecular Hbond substituents is 1. The molecule has 4 aliphatic rings. The Morgan fingerprint density at radius 1 is 1.08 bits per heavy atom. The maximum Gasteiger partial charge on any atom is 0.408 e. The predicted molar refractivity (Wildman–Crippen MR) is 131 cm³/mol. The van der Waals surface area contributed by atoms with Crippen LogP contribution in [0.25, 0.3) is 0 Å². The van der Waals surface area contributed by atoms with Crippen LogP contribution < -0.4 is 5.32 Å². The van der Waals surface area contributed by atoms with Crippen LogP contribution >= 0.6 is 0 Å². The number of hydrogen-bond donors (Lipinski definition) is 2. The van der Waals surface area contributed by atoms with Gasteiger partial charge in [-0.25, -0.2) is 9.59 Å². The maximum absolute atomic E-state index is 13.5. The number of quaternary nitrogens is 1. The molecule has 4 fully saturated rings. The molecule has 8 heteroatoms. The molecular formula is C28H33N2O6+. The molecule has 8 nitrogen and oxygen atoms in total. The SMILES string of the molecule is CC(C)(C)OC(=O)NC(C(=O)O[C@]12C[N+]3(CC(=O)c4ccc(O)cc4)CCC1C2C3)c1ccccc1. The normalized spacial score (nSPS) is 28.6. The molecule has 1 amide bonds. The number of alkyl carbamates (subject to hydrolysis) is 1. The average Bonchev–Trinajstić information content (AvgIpc) is 3.31. The summed E-state index contributed by atoms with van der Waals surface area (Å²) in [5, 5.41) is 12.2. The third kappa shape index (κ3) is 4.57. The van der Waals surface area contributed by atoms with Crippen molar-refractivity contribution < 1.29 is 33.4 Å². The molecule has 4 unspecified atom stereocenters. The molecule has 5 atom stereocenters. The van der Waals surface area contributed by atoms with Crippen LogP contribution in [0.5, 0.6) is 5.75 Å². The van der Waals surface area contributed by atoms with Crippen molar-refractivity contribution in [3.63, 3.8) is 0 Å². The second kappa shape index (κ2) is 8.62. The molecule has 0 spiro atoms. The van der Waals surface area contributed by atoms with Crippen molar-refractivity contribution in [3.8, 4) is 5.75 Å². The number of rotatable bonds is 7. The zero-order chi connectivity index (χ0) is 25.7. The Morgan fingerprint density at radius 2 is 1.78 bits per heavy atom. The lowest BCUT2D eigenvalue weighted by molar-refractivity contribution is -0.922. The van der Waals surface area contributed by atoms with Gasteiger partial charge in [-0.2, -0.15) is 0 Å². The Balaban J connectivity index is 1.30. The molecule has 3 heterocycles. The van der Waals surface area contributed by atoms with Gasteiger partial charge in [0, 0.05) is 17.9 Å². The summed E-state index contributed by atoms with van der Waals surface area (Å²) in [6.07, 6.45) is 0.217. The highest BCUT2D eigenvalue weighted by Crippen LogP contribution is 2.65. The molecule has 2 aromatic rings. The molecule has 190 valence electrons. The number of ketones is 1. The lowest BCUT2D eigenvalue weighted by atomic mass is 10.0. The summed E-state index contributed by atoms with van der Waals surface area (Å²) < 4.78 is 12.2. The van der Waals surface area contributed by atoms with E-state index in [4.69, 9.17) is 9.47 Å². The number of phenols is 1. The number of benzene rings is 2. The Hall–Kier alpha value is -3.39.